The Morgan fingerprint density at radius 1 is 0.795 bits per heavy atom. The number of nitro benzene ring substituents is 1. The molecule has 0 fully saturated rings. The number of ether oxygens (including phenoxy) is 2. The number of benzene rings is 3. The number of nitro groups is 1. The molecule has 44 heavy (non-hydrogen) atoms. The van der Waals surface area contributed by atoms with Gasteiger partial charge in [-0.25, -0.2) is 0 Å². The number of allylic oxidation sites excluding steroid dienone is 4. The molecule has 0 N–H and O–H groups in total. The monoisotopic (exact) mass is 592 g/mol. The van der Waals surface area contributed by atoms with Crippen LogP contribution in [0.3, 0.4) is 0 Å². The van der Waals surface area contributed by atoms with Gasteiger partial charge < -0.3 is 14.4 Å². The van der Waals surface area contributed by atoms with E-state index in [1.807, 2.05) is 43.3 Å². The molecule has 0 amide bonds. The summed E-state index contributed by atoms with van der Waals surface area (Å²) < 4.78 is 12.1. The molecular formula is C36H36N2O6. The quantitative estimate of drug-likeness (QED) is 0.181. The summed E-state index contributed by atoms with van der Waals surface area (Å²) in [6, 6.07) is 22.3. The van der Waals surface area contributed by atoms with Crippen LogP contribution in [-0.4, -0.2) is 34.5 Å². The lowest BCUT2D eigenvalue weighted by Crippen LogP contribution is -2.39. The van der Waals surface area contributed by atoms with Crippen molar-refractivity contribution in [1.82, 2.24) is 4.90 Å². The van der Waals surface area contributed by atoms with Gasteiger partial charge in [0.05, 0.1) is 11.5 Å². The zero-order valence-electron chi connectivity index (χ0n) is 24.9. The van der Waals surface area contributed by atoms with Crippen LogP contribution in [-0.2, 0) is 22.6 Å². The first kappa shape index (κ1) is 29.4. The van der Waals surface area contributed by atoms with Crippen LogP contribution in [0.15, 0.2) is 95.3 Å². The van der Waals surface area contributed by atoms with Crippen molar-refractivity contribution in [3.8, 4) is 11.5 Å². The average Bonchev–Trinajstić information content (AvgIpc) is 3.04. The van der Waals surface area contributed by atoms with Crippen LogP contribution in [0, 0.1) is 10.1 Å². The summed E-state index contributed by atoms with van der Waals surface area (Å²) in [6.07, 6.45) is 4.99. The molecule has 3 aliphatic rings. The molecule has 0 saturated carbocycles. The van der Waals surface area contributed by atoms with E-state index in [0.29, 0.717) is 36.5 Å². The molecule has 2 aliphatic carbocycles. The number of hydrogen-bond acceptors (Lipinski definition) is 7. The summed E-state index contributed by atoms with van der Waals surface area (Å²) in [4.78, 5) is 40.5. The van der Waals surface area contributed by atoms with Crippen LogP contribution >= 0.6 is 0 Å². The molecule has 0 saturated heterocycles. The second kappa shape index (κ2) is 12.9. The van der Waals surface area contributed by atoms with Crippen molar-refractivity contribution in [3.05, 3.63) is 122 Å². The minimum absolute atomic E-state index is 0.00375. The van der Waals surface area contributed by atoms with Crippen LogP contribution in [0.5, 0.6) is 11.5 Å². The van der Waals surface area contributed by atoms with Gasteiger partial charge in [-0.15, -0.1) is 0 Å². The highest BCUT2D eigenvalue weighted by molar-refractivity contribution is 6.06. The predicted molar refractivity (Wildman–Crippen MR) is 166 cm³/mol. The molecule has 0 bridgehead atoms. The maximum atomic E-state index is 13.7. The summed E-state index contributed by atoms with van der Waals surface area (Å²) in [5.41, 5.74) is 6.33. The summed E-state index contributed by atoms with van der Waals surface area (Å²) >= 11 is 0. The van der Waals surface area contributed by atoms with Crippen LogP contribution in [0.25, 0.3) is 0 Å². The molecule has 3 aromatic rings. The predicted octanol–water partition coefficient (Wildman–Crippen LogP) is 7.23. The van der Waals surface area contributed by atoms with Gasteiger partial charge in [-0.3, -0.25) is 19.7 Å². The molecule has 8 nitrogen and oxygen atoms in total. The number of hydrogen-bond donors (Lipinski definition) is 0. The Balaban J connectivity index is 1.37. The van der Waals surface area contributed by atoms with Gasteiger partial charge in [0.25, 0.3) is 5.69 Å². The number of ketones is 2. The second-order valence-electron chi connectivity index (χ2n) is 11.4. The maximum Gasteiger partial charge on any atom is 0.269 e. The van der Waals surface area contributed by atoms with Crippen LogP contribution in [0.4, 0.5) is 5.69 Å². The topological polar surface area (TPSA) is 99.0 Å². The molecule has 1 heterocycles. The largest absolute Gasteiger partial charge is 0.490 e. The van der Waals surface area contributed by atoms with Gasteiger partial charge in [0.1, 0.15) is 6.61 Å². The van der Waals surface area contributed by atoms with E-state index in [1.165, 1.54) is 17.7 Å². The Bertz CT molecular complexity index is 1610. The van der Waals surface area contributed by atoms with Gasteiger partial charge in [-0.1, -0.05) is 48.5 Å². The molecule has 0 unspecified atom stereocenters. The Morgan fingerprint density at radius 2 is 1.48 bits per heavy atom. The number of carbonyl (C=O) groups is 2. The van der Waals surface area contributed by atoms with E-state index in [2.05, 4.69) is 17.0 Å². The summed E-state index contributed by atoms with van der Waals surface area (Å²) in [5, 5.41) is 11.2. The zero-order chi connectivity index (χ0) is 30.6. The Hall–Kier alpha value is -4.72. The van der Waals surface area contributed by atoms with Crippen LogP contribution < -0.4 is 9.47 Å². The van der Waals surface area contributed by atoms with Crippen molar-refractivity contribution >= 4 is 17.3 Å². The van der Waals surface area contributed by atoms with E-state index in [9.17, 15) is 19.7 Å². The van der Waals surface area contributed by atoms with Crippen LogP contribution in [0.1, 0.15) is 68.1 Å². The van der Waals surface area contributed by atoms with Gasteiger partial charge in [-0.05, 0) is 67.9 Å². The van der Waals surface area contributed by atoms with E-state index in [0.717, 1.165) is 66.8 Å². The third-order valence-electron chi connectivity index (χ3n) is 8.67. The summed E-state index contributed by atoms with van der Waals surface area (Å²) in [7, 11) is 0. The van der Waals surface area contributed by atoms with Crippen LogP contribution in [0.2, 0.25) is 0 Å². The number of Topliss-reactive ketones (excluding diaryl/α,β-unsaturated/α-hetero) is 2. The van der Waals surface area contributed by atoms with E-state index >= 15 is 0 Å². The van der Waals surface area contributed by atoms with E-state index < -0.39 is 10.8 Å². The molecule has 1 aliphatic heterocycles. The first-order valence-electron chi connectivity index (χ1n) is 15.4. The first-order chi connectivity index (χ1) is 21.4. The highest BCUT2D eigenvalue weighted by Crippen LogP contribution is 2.50. The van der Waals surface area contributed by atoms with E-state index in [-0.39, 0.29) is 23.9 Å². The number of rotatable bonds is 10. The number of carbonyl (C=O) groups excluding carboxylic acids is 2. The lowest BCUT2D eigenvalue weighted by atomic mass is 9.71. The van der Waals surface area contributed by atoms with Crippen molar-refractivity contribution in [3.63, 3.8) is 0 Å². The lowest BCUT2D eigenvalue weighted by Gasteiger charge is -2.44. The van der Waals surface area contributed by atoms with Crippen molar-refractivity contribution < 1.29 is 24.0 Å². The SMILES string of the molecule is CCOc1cc(C2C3=C(CCCC3=O)N(CCc3ccccc3)C3=C2C(=O)CCC3)ccc1OCc1cccc([N+](=O)[O-])c1. The molecule has 3 aromatic carbocycles. The minimum atomic E-state index is -0.446. The number of non-ortho nitro benzene ring substituents is 1. The third kappa shape index (κ3) is 5.89. The van der Waals surface area contributed by atoms with Crippen molar-refractivity contribution in [2.24, 2.45) is 0 Å². The minimum Gasteiger partial charge on any atom is -0.490 e. The smallest absolute Gasteiger partial charge is 0.269 e. The van der Waals surface area contributed by atoms with Crippen molar-refractivity contribution in [1.29, 1.82) is 0 Å². The number of nitrogens with zero attached hydrogens (tertiary/aromatic N) is 2. The van der Waals surface area contributed by atoms with Crippen molar-refractivity contribution in [2.45, 2.75) is 64.4 Å². The van der Waals surface area contributed by atoms with Crippen molar-refractivity contribution in [2.75, 3.05) is 13.2 Å². The van der Waals surface area contributed by atoms with E-state index in [4.69, 9.17) is 9.47 Å². The fourth-order valence-corrected chi connectivity index (χ4v) is 6.72. The Morgan fingerprint density at radius 3 is 2.14 bits per heavy atom. The Kier molecular flexibility index (Phi) is 8.59. The standard InChI is InChI=1S/C36H36N2O6/c1-2-43-33-22-26(17-18-32(33)44-23-25-11-6-12-27(21-25)38(41)42)34-35-28(13-7-15-30(35)39)37(20-19-24-9-4-3-5-10-24)29-14-8-16-31(40)36(29)34/h3-6,9-12,17-18,21-22,34H,2,7-8,13-16,19-20,23H2,1H3. The zero-order valence-corrected chi connectivity index (χ0v) is 24.9. The van der Waals surface area contributed by atoms with Gasteiger partial charge in [0, 0.05) is 60.0 Å². The molecule has 0 radical (unpaired) electrons. The second-order valence-corrected chi connectivity index (χ2v) is 11.4. The molecule has 0 aromatic heterocycles. The summed E-state index contributed by atoms with van der Waals surface area (Å²) in [6.45, 7) is 3.14. The molecule has 0 spiro atoms. The molecule has 6 rings (SSSR count). The molecule has 226 valence electrons. The fourth-order valence-electron chi connectivity index (χ4n) is 6.72. The normalized spacial score (nSPS) is 17.0. The summed E-state index contributed by atoms with van der Waals surface area (Å²) in [5.74, 6) is 0.775. The molecular weight excluding hydrogens is 556 g/mol. The fraction of sp³-hybridized carbons (Fsp3) is 0.333. The Labute approximate surface area is 257 Å². The average molecular weight is 593 g/mol. The molecule has 8 heteroatoms. The van der Waals surface area contributed by atoms with Gasteiger partial charge in [0.2, 0.25) is 0 Å². The first-order valence-corrected chi connectivity index (χ1v) is 15.4. The van der Waals surface area contributed by atoms with Gasteiger partial charge in [0.15, 0.2) is 23.1 Å². The third-order valence-corrected chi connectivity index (χ3v) is 8.67. The highest BCUT2D eigenvalue weighted by Gasteiger charge is 2.43. The molecule has 0 atom stereocenters. The highest BCUT2D eigenvalue weighted by atomic mass is 16.6. The van der Waals surface area contributed by atoms with Gasteiger partial charge in [-0.2, -0.15) is 0 Å². The van der Waals surface area contributed by atoms with E-state index in [1.54, 1.807) is 12.1 Å². The van der Waals surface area contributed by atoms with Gasteiger partial charge >= 0.3 is 0 Å². The lowest BCUT2D eigenvalue weighted by molar-refractivity contribution is -0.384. The maximum absolute atomic E-state index is 13.7.